The predicted octanol–water partition coefficient (Wildman–Crippen LogP) is 2.13. The van der Waals surface area contributed by atoms with E-state index in [4.69, 9.17) is 14.5 Å². The largest absolute Gasteiger partial charge is 0.354 e. The van der Waals surface area contributed by atoms with E-state index >= 15 is 0 Å². The van der Waals surface area contributed by atoms with Crippen LogP contribution in [-0.4, -0.2) is 75.5 Å². The molecule has 6 heterocycles. The molecule has 4 aliphatic rings. The van der Waals surface area contributed by atoms with Gasteiger partial charge >= 0.3 is 0 Å². The second-order valence-electron chi connectivity index (χ2n) is 9.58. The molecule has 6 rings (SSSR count). The van der Waals surface area contributed by atoms with E-state index in [1.165, 1.54) is 19.3 Å². The lowest BCUT2D eigenvalue weighted by atomic mass is 9.94. The Morgan fingerprint density at radius 1 is 1.00 bits per heavy atom. The molecule has 1 unspecified atom stereocenters. The molecule has 2 aromatic rings. The highest BCUT2D eigenvalue weighted by Gasteiger charge is 2.42. The summed E-state index contributed by atoms with van der Waals surface area (Å²) < 4.78 is 13.9. The van der Waals surface area contributed by atoms with Crippen LogP contribution in [0.2, 0.25) is 0 Å². The summed E-state index contributed by atoms with van der Waals surface area (Å²) in [7, 11) is 0. The van der Waals surface area contributed by atoms with Crippen LogP contribution in [0.25, 0.3) is 11.2 Å². The molecule has 0 N–H and O–H groups in total. The van der Waals surface area contributed by atoms with E-state index < -0.39 is 5.79 Å². The fraction of sp³-hybridized carbons (Fsp3) is 0.739. The Kier molecular flexibility index (Phi) is 5.25. The zero-order valence-electron chi connectivity index (χ0n) is 18.7. The Labute approximate surface area is 188 Å². The molecule has 3 fully saturated rings. The number of piperidine rings is 2. The molecule has 1 atom stereocenters. The first kappa shape index (κ1) is 20.4. The third-order valence-electron chi connectivity index (χ3n) is 7.59. The van der Waals surface area contributed by atoms with E-state index in [0.717, 1.165) is 68.0 Å². The molecule has 0 aliphatic carbocycles. The van der Waals surface area contributed by atoms with Crippen LogP contribution >= 0.6 is 0 Å². The number of ether oxygens (including phenoxy) is 2. The van der Waals surface area contributed by atoms with Gasteiger partial charge in [0.1, 0.15) is 12.2 Å². The molecule has 3 saturated heterocycles. The Hall–Kier alpha value is -2.26. The number of hydrogen-bond donors (Lipinski definition) is 0. The summed E-state index contributed by atoms with van der Waals surface area (Å²) in [6.45, 7) is 5.33. The van der Waals surface area contributed by atoms with Crippen molar-refractivity contribution in [3.05, 3.63) is 12.2 Å². The Morgan fingerprint density at radius 3 is 2.69 bits per heavy atom. The van der Waals surface area contributed by atoms with Crippen molar-refractivity contribution in [2.24, 2.45) is 5.92 Å². The van der Waals surface area contributed by atoms with Crippen molar-refractivity contribution in [3.8, 4) is 0 Å². The molecule has 4 aliphatic heterocycles. The predicted molar refractivity (Wildman–Crippen MR) is 118 cm³/mol. The van der Waals surface area contributed by atoms with Crippen molar-refractivity contribution in [3.63, 3.8) is 0 Å². The van der Waals surface area contributed by atoms with Gasteiger partial charge in [0.15, 0.2) is 22.8 Å². The first-order valence-corrected chi connectivity index (χ1v) is 12.2. The molecular weight excluding hydrogens is 408 g/mol. The van der Waals surface area contributed by atoms with E-state index in [9.17, 15) is 4.79 Å². The van der Waals surface area contributed by atoms with E-state index in [1.54, 1.807) is 6.33 Å². The molecule has 1 spiro atoms. The van der Waals surface area contributed by atoms with Gasteiger partial charge < -0.3 is 23.8 Å². The number of aromatic nitrogens is 4. The van der Waals surface area contributed by atoms with Crippen LogP contribution in [0.15, 0.2) is 6.33 Å². The second-order valence-corrected chi connectivity index (χ2v) is 9.58. The van der Waals surface area contributed by atoms with Gasteiger partial charge in [-0.3, -0.25) is 4.79 Å². The molecule has 32 heavy (non-hydrogen) atoms. The van der Waals surface area contributed by atoms with Crippen molar-refractivity contribution in [2.75, 3.05) is 44.3 Å². The maximum absolute atomic E-state index is 13.4. The number of rotatable bonds is 2. The number of fused-ring (bicyclic) bond motifs is 3. The van der Waals surface area contributed by atoms with Crippen molar-refractivity contribution in [1.82, 2.24) is 24.4 Å². The number of hydrogen-bond acceptors (Lipinski definition) is 7. The molecule has 0 radical (unpaired) electrons. The zero-order chi connectivity index (χ0) is 21.5. The summed E-state index contributed by atoms with van der Waals surface area (Å²) in [6.07, 6.45) is 9.70. The number of aryl methyl sites for hydroxylation is 2. The van der Waals surface area contributed by atoms with Crippen LogP contribution < -0.4 is 4.90 Å². The van der Waals surface area contributed by atoms with Gasteiger partial charge in [-0.25, -0.2) is 15.0 Å². The lowest BCUT2D eigenvalue weighted by Gasteiger charge is -2.40. The van der Waals surface area contributed by atoms with E-state index in [0.29, 0.717) is 32.8 Å². The lowest BCUT2D eigenvalue weighted by Crippen LogP contribution is -2.51. The minimum Gasteiger partial charge on any atom is -0.354 e. The van der Waals surface area contributed by atoms with Crippen molar-refractivity contribution >= 4 is 22.9 Å². The third kappa shape index (κ3) is 3.55. The van der Waals surface area contributed by atoms with Crippen molar-refractivity contribution in [2.45, 2.75) is 63.7 Å². The minimum atomic E-state index is -0.443. The summed E-state index contributed by atoms with van der Waals surface area (Å²) in [5.41, 5.74) is 1.84. The fourth-order valence-corrected chi connectivity index (χ4v) is 5.84. The molecule has 172 valence electrons. The molecule has 9 heteroatoms. The van der Waals surface area contributed by atoms with Crippen LogP contribution in [0.5, 0.6) is 0 Å². The zero-order valence-corrected chi connectivity index (χ0v) is 18.7. The molecule has 0 saturated carbocycles. The third-order valence-corrected chi connectivity index (χ3v) is 7.59. The standard InChI is InChI=1S/C23H32N6O3/c30-22(27-11-7-23(8-12-27)31-13-14-32-23)17-5-4-9-28(15-17)20-19-21(25-16-24-20)29-10-3-1-2-6-18(29)26-19/h16-17H,1-15H2. The molecule has 2 aromatic heterocycles. The van der Waals surface area contributed by atoms with Gasteiger partial charge in [0.25, 0.3) is 0 Å². The molecular formula is C23H32N6O3. The maximum Gasteiger partial charge on any atom is 0.227 e. The second kappa shape index (κ2) is 8.26. The first-order valence-electron chi connectivity index (χ1n) is 12.2. The van der Waals surface area contributed by atoms with Gasteiger partial charge in [-0.2, -0.15) is 0 Å². The Morgan fingerprint density at radius 2 is 1.84 bits per heavy atom. The topological polar surface area (TPSA) is 85.6 Å². The van der Waals surface area contributed by atoms with Crippen molar-refractivity contribution in [1.29, 1.82) is 0 Å². The number of imidazole rings is 1. The van der Waals surface area contributed by atoms with E-state index in [-0.39, 0.29) is 11.8 Å². The van der Waals surface area contributed by atoms with Gasteiger partial charge in [-0.05, 0) is 25.7 Å². The molecule has 9 nitrogen and oxygen atoms in total. The summed E-state index contributed by atoms with van der Waals surface area (Å²) in [5, 5.41) is 0. The molecule has 0 bridgehead atoms. The summed E-state index contributed by atoms with van der Waals surface area (Å²) in [5.74, 6) is 1.82. The maximum atomic E-state index is 13.4. The van der Waals surface area contributed by atoms with Gasteiger partial charge in [0.05, 0.1) is 19.1 Å². The first-order chi connectivity index (χ1) is 15.7. The highest BCUT2D eigenvalue weighted by atomic mass is 16.7. The normalized spacial score (nSPS) is 25.8. The average molecular weight is 441 g/mol. The highest BCUT2D eigenvalue weighted by molar-refractivity contribution is 5.85. The van der Waals surface area contributed by atoms with Gasteiger partial charge in [0, 0.05) is 52.0 Å². The van der Waals surface area contributed by atoms with Crippen LogP contribution in [-0.2, 0) is 27.2 Å². The number of carbonyl (C=O) groups is 1. The summed E-state index contributed by atoms with van der Waals surface area (Å²) in [4.78, 5) is 31.8. The van der Waals surface area contributed by atoms with Crippen LogP contribution in [0.1, 0.15) is 50.8 Å². The number of likely N-dealkylation sites (tertiary alicyclic amines) is 1. The Balaban J connectivity index is 1.19. The smallest absolute Gasteiger partial charge is 0.227 e. The van der Waals surface area contributed by atoms with E-state index in [1.807, 2.05) is 4.90 Å². The minimum absolute atomic E-state index is 0.00586. The monoisotopic (exact) mass is 440 g/mol. The number of anilines is 1. The fourth-order valence-electron chi connectivity index (χ4n) is 5.84. The number of amides is 1. The van der Waals surface area contributed by atoms with Crippen LogP contribution in [0.3, 0.4) is 0 Å². The average Bonchev–Trinajstić information content (AvgIpc) is 3.36. The van der Waals surface area contributed by atoms with Crippen LogP contribution in [0.4, 0.5) is 5.82 Å². The molecule has 0 aromatic carbocycles. The van der Waals surface area contributed by atoms with Gasteiger partial charge in [-0.15, -0.1) is 0 Å². The van der Waals surface area contributed by atoms with E-state index in [2.05, 4.69) is 19.4 Å². The van der Waals surface area contributed by atoms with Crippen LogP contribution in [0, 0.1) is 5.92 Å². The lowest BCUT2D eigenvalue weighted by molar-refractivity contribution is -0.188. The summed E-state index contributed by atoms with van der Waals surface area (Å²) in [6, 6.07) is 0. The SMILES string of the molecule is O=C(C1CCCN(c2ncnc3c2nc2n3CCCCC2)C1)N1CCC2(CC1)OCCO2. The van der Waals surface area contributed by atoms with Gasteiger partial charge in [-0.1, -0.05) is 6.42 Å². The van der Waals surface area contributed by atoms with Crippen molar-refractivity contribution < 1.29 is 14.3 Å². The number of nitrogens with zero attached hydrogens (tertiary/aromatic N) is 6. The Bertz CT molecular complexity index is 991. The summed E-state index contributed by atoms with van der Waals surface area (Å²) >= 11 is 0. The molecule has 1 amide bonds. The number of carbonyl (C=O) groups excluding carboxylic acids is 1. The quantitative estimate of drug-likeness (QED) is 0.707. The highest BCUT2D eigenvalue weighted by Crippen LogP contribution is 2.33. The van der Waals surface area contributed by atoms with Gasteiger partial charge in [0.2, 0.25) is 5.91 Å².